The first-order valence-corrected chi connectivity index (χ1v) is 14.7. The lowest BCUT2D eigenvalue weighted by Crippen LogP contribution is -2.57. The Balaban J connectivity index is 1.51. The molecule has 0 radical (unpaired) electrons. The summed E-state index contributed by atoms with van der Waals surface area (Å²) in [4.78, 5) is 26.8. The predicted octanol–water partition coefficient (Wildman–Crippen LogP) is 5.13. The number of rotatable bonds is 1. The molecule has 0 saturated carbocycles. The first kappa shape index (κ1) is 28.5. The zero-order chi connectivity index (χ0) is 27.9. The van der Waals surface area contributed by atoms with Crippen LogP contribution in [0.2, 0.25) is 0 Å². The third-order valence-corrected chi connectivity index (χ3v) is 9.31. The highest BCUT2D eigenvalue weighted by molar-refractivity contribution is 6.03. The summed E-state index contributed by atoms with van der Waals surface area (Å²) in [6, 6.07) is 0. The fourth-order valence-electron chi connectivity index (χ4n) is 7.07. The van der Waals surface area contributed by atoms with E-state index in [1.165, 1.54) is 5.57 Å². The third-order valence-electron chi connectivity index (χ3n) is 9.31. The molecule has 214 valence electrons. The minimum atomic E-state index is -1.78. The Morgan fingerprint density at radius 3 is 2.69 bits per heavy atom. The minimum Gasteiger partial charge on any atom is -0.462 e. The van der Waals surface area contributed by atoms with Gasteiger partial charge >= 0.3 is 5.97 Å². The highest BCUT2D eigenvalue weighted by atomic mass is 16.7. The minimum absolute atomic E-state index is 0.0857. The van der Waals surface area contributed by atoms with Crippen molar-refractivity contribution in [1.82, 2.24) is 0 Å². The van der Waals surface area contributed by atoms with Crippen molar-refractivity contribution >= 4 is 11.8 Å². The van der Waals surface area contributed by atoms with Crippen LogP contribution in [-0.2, 0) is 28.5 Å². The van der Waals surface area contributed by atoms with Crippen LogP contribution in [0.25, 0.3) is 0 Å². The number of aliphatic hydroxyl groups is 1. The van der Waals surface area contributed by atoms with Crippen LogP contribution in [0, 0.1) is 17.8 Å². The zero-order valence-electron chi connectivity index (χ0n) is 24.0. The van der Waals surface area contributed by atoms with Crippen LogP contribution >= 0.6 is 0 Å². The molecule has 7 heteroatoms. The van der Waals surface area contributed by atoms with E-state index in [1.54, 1.807) is 19.1 Å². The van der Waals surface area contributed by atoms with Gasteiger partial charge < -0.3 is 24.1 Å². The first-order chi connectivity index (χ1) is 18.5. The molecule has 0 amide bonds. The lowest BCUT2D eigenvalue weighted by atomic mass is 9.71. The van der Waals surface area contributed by atoms with Gasteiger partial charge in [-0.15, -0.1) is 0 Å². The van der Waals surface area contributed by atoms with E-state index in [-0.39, 0.29) is 30.5 Å². The molecule has 0 aromatic rings. The summed E-state index contributed by atoms with van der Waals surface area (Å²) < 4.78 is 25.3. The van der Waals surface area contributed by atoms with Gasteiger partial charge in [-0.25, -0.2) is 0 Å². The molecule has 3 saturated heterocycles. The summed E-state index contributed by atoms with van der Waals surface area (Å²) in [7, 11) is 0. The number of fused-ring (bicyclic) bond motifs is 2. The highest BCUT2D eigenvalue weighted by Gasteiger charge is 2.60. The molecule has 3 fully saturated rings. The summed E-state index contributed by atoms with van der Waals surface area (Å²) in [5.41, 5.74) is 0.421. The van der Waals surface area contributed by atoms with Gasteiger partial charge in [0.15, 0.2) is 17.7 Å². The Labute approximate surface area is 232 Å². The number of Topliss-reactive ketones (excluding diaryl/α,β-unsaturated/α-hetero) is 1. The number of ketones is 1. The van der Waals surface area contributed by atoms with Gasteiger partial charge in [0.25, 0.3) is 0 Å². The number of allylic oxidation sites excluding steroid dienone is 4. The molecule has 1 N–H and O–H groups in total. The summed E-state index contributed by atoms with van der Waals surface area (Å²) in [6.45, 7) is 10.4. The average Bonchev–Trinajstić information content (AvgIpc) is 3.23. The van der Waals surface area contributed by atoms with Gasteiger partial charge in [0.05, 0.1) is 18.8 Å². The van der Waals surface area contributed by atoms with Gasteiger partial charge in [0.2, 0.25) is 0 Å². The summed E-state index contributed by atoms with van der Waals surface area (Å²) >= 11 is 0. The van der Waals surface area contributed by atoms with E-state index in [2.05, 4.69) is 39.8 Å². The van der Waals surface area contributed by atoms with E-state index >= 15 is 0 Å². The Morgan fingerprint density at radius 2 is 1.92 bits per heavy atom. The predicted molar refractivity (Wildman–Crippen MR) is 147 cm³/mol. The van der Waals surface area contributed by atoms with Gasteiger partial charge in [-0.3, -0.25) is 9.59 Å². The molecule has 5 rings (SSSR count). The van der Waals surface area contributed by atoms with Gasteiger partial charge in [-0.2, -0.15) is 0 Å². The van der Waals surface area contributed by atoms with Crippen LogP contribution in [0.1, 0.15) is 79.6 Å². The maximum absolute atomic E-state index is 13.8. The van der Waals surface area contributed by atoms with Crippen LogP contribution in [-0.4, -0.2) is 59.3 Å². The van der Waals surface area contributed by atoms with Crippen molar-refractivity contribution in [3.63, 3.8) is 0 Å². The van der Waals surface area contributed by atoms with Crippen LogP contribution in [0.4, 0.5) is 0 Å². The van der Waals surface area contributed by atoms with Gasteiger partial charge in [0, 0.05) is 19.3 Å². The van der Waals surface area contributed by atoms with Crippen molar-refractivity contribution in [2.45, 2.75) is 115 Å². The quantitative estimate of drug-likeness (QED) is 0.364. The lowest BCUT2D eigenvalue weighted by molar-refractivity contribution is -0.335. The van der Waals surface area contributed by atoms with E-state index in [4.69, 9.17) is 18.9 Å². The molecule has 0 aromatic heterocycles. The molecular formula is C32H44O7. The number of ether oxygens (including phenoxy) is 4. The second-order valence-corrected chi connectivity index (χ2v) is 12.5. The fraction of sp³-hybridized carbons (Fsp3) is 0.688. The maximum Gasteiger partial charge on any atom is 0.316 e. The number of hydrogen-bond acceptors (Lipinski definition) is 7. The molecule has 5 aliphatic rings. The molecule has 1 spiro atoms. The molecule has 4 aliphatic heterocycles. The second-order valence-electron chi connectivity index (χ2n) is 12.5. The highest BCUT2D eigenvalue weighted by Crippen LogP contribution is 2.46. The SMILES string of the molecule is CCC1OC2(CCC1C)CC1CC(CC=C(C)CC(C)C=CC=C3COC4C(=O)C(C)=CC(C(=O)O1)C34O)O2. The van der Waals surface area contributed by atoms with Gasteiger partial charge in [-0.05, 0) is 62.5 Å². The third kappa shape index (κ3) is 5.48. The molecule has 9 atom stereocenters. The van der Waals surface area contributed by atoms with Crippen molar-refractivity contribution in [1.29, 1.82) is 0 Å². The van der Waals surface area contributed by atoms with Crippen LogP contribution in [0.15, 0.2) is 47.1 Å². The van der Waals surface area contributed by atoms with Crippen LogP contribution in [0.5, 0.6) is 0 Å². The number of carbonyl (C=O) groups excluding carboxylic acids is 2. The Morgan fingerprint density at radius 1 is 1.13 bits per heavy atom. The molecular weight excluding hydrogens is 496 g/mol. The topological polar surface area (TPSA) is 91.3 Å². The van der Waals surface area contributed by atoms with Crippen molar-refractivity contribution in [3.8, 4) is 0 Å². The molecule has 39 heavy (non-hydrogen) atoms. The largest absolute Gasteiger partial charge is 0.462 e. The summed E-state index contributed by atoms with van der Waals surface area (Å²) in [5.74, 6) is -1.95. The summed E-state index contributed by atoms with van der Waals surface area (Å²) in [5, 5.41) is 12.0. The van der Waals surface area contributed by atoms with E-state index in [1.807, 2.05) is 6.08 Å². The lowest BCUT2D eigenvalue weighted by Gasteiger charge is -2.49. The Hall–Kier alpha value is -2.06. The Kier molecular flexibility index (Phi) is 8.08. The molecule has 4 heterocycles. The van der Waals surface area contributed by atoms with Gasteiger partial charge in [0.1, 0.15) is 17.6 Å². The van der Waals surface area contributed by atoms with Crippen molar-refractivity contribution in [3.05, 3.63) is 47.1 Å². The maximum atomic E-state index is 13.8. The van der Waals surface area contributed by atoms with E-state index in [0.717, 1.165) is 25.7 Å². The molecule has 2 bridgehead atoms. The van der Waals surface area contributed by atoms with Crippen LogP contribution < -0.4 is 0 Å². The van der Waals surface area contributed by atoms with Crippen molar-refractivity contribution < 1.29 is 33.6 Å². The monoisotopic (exact) mass is 540 g/mol. The molecule has 9 unspecified atom stereocenters. The average molecular weight is 541 g/mol. The molecule has 0 aromatic carbocycles. The number of esters is 1. The van der Waals surface area contributed by atoms with E-state index < -0.39 is 35.5 Å². The molecule has 1 aliphatic carbocycles. The normalized spacial score (nSPS) is 43.3. The smallest absolute Gasteiger partial charge is 0.316 e. The summed E-state index contributed by atoms with van der Waals surface area (Å²) in [6.07, 6.45) is 13.2. The van der Waals surface area contributed by atoms with Crippen molar-refractivity contribution in [2.24, 2.45) is 17.8 Å². The van der Waals surface area contributed by atoms with Gasteiger partial charge in [-0.1, -0.05) is 56.7 Å². The van der Waals surface area contributed by atoms with E-state index in [0.29, 0.717) is 36.3 Å². The van der Waals surface area contributed by atoms with E-state index in [9.17, 15) is 14.7 Å². The number of carbonyl (C=O) groups is 2. The number of hydrogen-bond donors (Lipinski definition) is 1. The first-order valence-electron chi connectivity index (χ1n) is 14.7. The molecule has 7 nitrogen and oxygen atoms in total. The Bertz CT molecular complexity index is 1100. The standard InChI is InChI=1S/C32H44O7/c1-6-27-21(4)12-13-31(39-27)17-25-16-24(38-31)11-10-20(3)14-19(2)8-7-9-23-18-36-29-28(33)22(5)15-26(30(34)37-25)32(23,29)35/h7-10,15,19,21,24-27,29,35H,6,11-14,16-18H2,1-5H3. The van der Waals surface area contributed by atoms with Crippen molar-refractivity contribution in [2.75, 3.05) is 6.61 Å². The zero-order valence-corrected chi connectivity index (χ0v) is 24.0. The van der Waals surface area contributed by atoms with Crippen LogP contribution in [0.3, 0.4) is 0 Å². The second kappa shape index (κ2) is 11.1. The fourth-order valence-corrected chi connectivity index (χ4v) is 7.07.